The van der Waals surface area contributed by atoms with Gasteiger partial charge in [0.2, 0.25) is 10.0 Å². The highest BCUT2D eigenvalue weighted by molar-refractivity contribution is 9.11. The van der Waals surface area contributed by atoms with Crippen LogP contribution in [-0.4, -0.2) is 14.5 Å². The molecule has 0 saturated heterocycles. The van der Waals surface area contributed by atoms with E-state index in [2.05, 4.69) is 27.6 Å². The van der Waals surface area contributed by atoms with E-state index in [4.69, 9.17) is 0 Å². The van der Waals surface area contributed by atoms with E-state index in [0.717, 1.165) is 35.4 Å². The topological polar surface area (TPSA) is 46.2 Å². The molecule has 1 aromatic heterocycles. The van der Waals surface area contributed by atoms with Crippen LogP contribution in [0.15, 0.2) is 20.1 Å². The molecule has 0 unspecified atom stereocenters. The molecule has 1 aliphatic carbocycles. The number of rotatable bonds is 3. The Bertz CT molecular complexity index is 475. The maximum absolute atomic E-state index is 12.1. The maximum atomic E-state index is 12.1. The highest BCUT2D eigenvalue weighted by Gasteiger charge is 2.24. The number of nitrogens with one attached hydrogen (secondary N) is 1. The molecule has 1 heterocycles. The van der Waals surface area contributed by atoms with Crippen LogP contribution in [0.3, 0.4) is 0 Å². The molecule has 0 aliphatic heterocycles. The molecular formula is C11H16BrNO2S2. The fourth-order valence-corrected chi connectivity index (χ4v) is 5.43. The van der Waals surface area contributed by atoms with Gasteiger partial charge < -0.3 is 0 Å². The Labute approximate surface area is 115 Å². The van der Waals surface area contributed by atoms with Gasteiger partial charge in [0.05, 0.1) is 3.79 Å². The summed E-state index contributed by atoms with van der Waals surface area (Å²) in [4.78, 5) is 0. The van der Waals surface area contributed by atoms with Crippen LogP contribution in [0.2, 0.25) is 0 Å². The number of hydrogen-bond acceptors (Lipinski definition) is 3. The molecule has 1 aliphatic rings. The van der Waals surface area contributed by atoms with Crippen LogP contribution in [0.5, 0.6) is 0 Å². The van der Waals surface area contributed by atoms with Gasteiger partial charge in [0.1, 0.15) is 4.21 Å². The Kier molecular flexibility index (Phi) is 4.28. The smallest absolute Gasteiger partial charge is 0.207 e. The lowest BCUT2D eigenvalue weighted by Crippen LogP contribution is -2.36. The second-order valence-electron chi connectivity index (χ2n) is 4.64. The van der Waals surface area contributed by atoms with Gasteiger partial charge in [-0.25, -0.2) is 13.1 Å². The van der Waals surface area contributed by atoms with E-state index < -0.39 is 10.0 Å². The highest BCUT2D eigenvalue weighted by atomic mass is 79.9. The van der Waals surface area contributed by atoms with Crippen molar-refractivity contribution in [2.24, 2.45) is 5.92 Å². The maximum Gasteiger partial charge on any atom is 0.250 e. The second-order valence-corrected chi connectivity index (χ2v) is 9.04. The van der Waals surface area contributed by atoms with Crippen molar-refractivity contribution in [3.05, 3.63) is 15.9 Å². The van der Waals surface area contributed by atoms with Crippen molar-refractivity contribution < 1.29 is 8.42 Å². The standard InChI is InChI=1S/C11H16BrNO2S2/c1-8-2-4-9(5-3-8)13-17(14,15)11-7-6-10(12)16-11/h6-9,13H,2-5H2,1H3. The number of sulfonamides is 1. The molecule has 3 nitrogen and oxygen atoms in total. The van der Waals surface area contributed by atoms with Crippen LogP contribution in [-0.2, 0) is 10.0 Å². The summed E-state index contributed by atoms with van der Waals surface area (Å²) < 4.78 is 28.2. The number of hydrogen-bond donors (Lipinski definition) is 1. The highest BCUT2D eigenvalue weighted by Crippen LogP contribution is 2.28. The fourth-order valence-electron chi connectivity index (χ4n) is 2.10. The first-order chi connectivity index (χ1) is 7.97. The zero-order chi connectivity index (χ0) is 12.5. The molecule has 0 radical (unpaired) electrons. The molecule has 17 heavy (non-hydrogen) atoms. The Balaban J connectivity index is 2.03. The Morgan fingerprint density at radius 3 is 2.47 bits per heavy atom. The monoisotopic (exact) mass is 337 g/mol. The molecule has 0 atom stereocenters. The molecule has 1 aromatic rings. The number of halogens is 1. The zero-order valence-electron chi connectivity index (χ0n) is 9.65. The Morgan fingerprint density at radius 2 is 1.94 bits per heavy atom. The van der Waals surface area contributed by atoms with Gasteiger partial charge in [-0.05, 0) is 59.7 Å². The van der Waals surface area contributed by atoms with Crippen molar-refractivity contribution >= 4 is 37.3 Å². The van der Waals surface area contributed by atoms with Gasteiger partial charge in [0, 0.05) is 6.04 Å². The summed E-state index contributed by atoms with van der Waals surface area (Å²) in [6, 6.07) is 3.52. The van der Waals surface area contributed by atoms with E-state index in [1.165, 1.54) is 11.3 Å². The molecule has 0 spiro atoms. The van der Waals surface area contributed by atoms with Crippen molar-refractivity contribution in [3.8, 4) is 0 Å². The molecule has 6 heteroatoms. The van der Waals surface area contributed by atoms with Crippen molar-refractivity contribution in [1.29, 1.82) is 0 Å². The zero-order valence-corrected chi connectivity index (χ0v) is 12.9. The minimum atomic E-state index is -3.32. The Hall–Kier alpha value is 0.0900. The normalized spacial score (nSPS) is 26.0. The van der Waals surface area contributed by atoms with E-state index in [-0.39, 0.29) is 6.04 Å². The summed E-state index contributed by atoms with van der Waals surface area (Å²) in [5.74, 6) is 0.728. The molecule has 2 rings (SSSR count). The Morgan fingerprint density at radius 1 is 1.29 bits per heavy atom. The van der Waals surface area contributed by atoms with Crippen LogP contribution in [0.25, 0.3) is 0 Å². The van der Waals surface area contributed by atoms with Gasteiger partial charge in [0.25, 0.3) is 0 Å². The van der Waals surface area contributed by atoms with E-state index in [1.54, 1.807) is 12.1 Å². The average molecular weight is 338 g/mol. The summed E-state index contributed by atoms with van der Waals surface area (Å²) in [5, 5.41) is 0. The summed E-state index contributed by atoms with van der Waals surface area (Å²) in [5.41, 5.74) is 0. The van der Waals surface area contributed by atoms with Crippen LogP contribution < -0.4 is 4.72 Å². The van der Waals surface area contributed by atoms with Gasteiger partial charge in [-0.15, -0.1) is 11.3 Å². The summed E-state index contributed by atoms with van der Waals surface area (Å²) in [6.45, 7) is 2.22. The molecule has 96 valence electrons. The van der Waals surface area contributed by atoms with Gasteiger partial charge >= 0.3 is 0 Å². The molecule has 0 bridgehead atoms. The van der Waals surface area contributed by atoms with Crippen LogP contribution >= 0.6 is 27.3 Å². The second kappa shape index (κ2) is 5.38. The van der Waals surface area contributed by atoms with Crippen LogP contribution in [0.4, 0.5) is 0 Å². The van der Waals surface area contributed by atoms with Crippen LogP contribution in [0.1, 0.15) is 32.6 Å². The van der Waals surface area contributed by atoms with E-state index in [0.29, 0.717) is 4.21 Å². The van der Waals surface area contributed by atoms with Crippen molar-refractivity contribution in [3.63, 3.8) is 0 Å². The SMILES string of the molecule is CC1CCC(NS(=O)(=O)c2ccc(Br)s2)CC1. The predicted molar refractivity (Wildman–Crippen MR) is 73.8 cm³/mol. The first kappa shape index (κ1) is 13.5. The lowest BCUT2D eigenvalue weighted by atomic mass is 9.88. The average Bonchev–Trinajstić information content (AvgIpc) is 2.69. The summed E-state index contributed by atoms with van der Waals surface area (Å²) in [6.07, 6.45) is 4.13. The third-order valence-corrected chi connectivity index (χ3v) is 6.79. The minimum Gasteiger partial charge on any atom is -0.207 e. The molecule has 1 saturated carbocycles. The molecule has 1 N–H and O–H groups in total. The van der Waals surface area contributed by atoms with E-state index >= 15 is 0 Å². The molecular weight excluding hydrogens is 322 g/mol. The molecule has 0 aromatic carbocycles. The molecule has 0 amide bonds. The quantitative estimate of drug-likeness (QED) is 0.918. The molecule has 1 fully saturated rings. The van der Waals surface area contributed by atoms with Gasteiger partial charge in [0.15, 0.2) is 0 Å². The van der Waals surface area contributed by atoms with E-state index in [9.17, 15) is 8.42 Å². The largest absolute Gasteiger partial charge is 0.250 e. The van der Waals surface area contributed by atoms with Gasteiger partial charge in [-0.1, -0.05) is 6.92 Å². The summed E-state index contributed by atoms with van der Waals surface area (Å²) >= 11 is 4.53. The predicted octanol–water partition coefficient (Wildman–Crippen LogP) is 3.37. The lowest BCUT2D eigenvalue weighted by Gasteiger charge is -2.26. The first-order valence-corrected chi connectivity index (χ1v) is 8.84. The summed E-state index contributed by atoms with van der Waals surface area (Å²) in [7, 11) is -3.32. The van der Waals surface area contributed by atoms with Crippen molar-refractivity contribution in [2.75, 3.05) is 0 Å². The van der Waals surface area contributed by atoms with Crippen molar-refractivity contribution in [1.82, 2.24) is 4.72 Å². The first-order valence-electron chi connectivity index (χ1n) is 5.75. The third kappa shape index (κ3) is 3.53. The fraction of sp³-hybridized carbons (Fsp3) is 0.636. The van der Waals surface area contributed by atoms with Gasteiger partial charge in [-0.3, -0.25) is 0 Å². The van der Waals surface area contributed by atoms with Crippen molar-refractivity contribution in [2.45, 2.75) is 42.9 Å². The third-order valence-electron chi connectivity index (χ3n) is 3.15. The van der Waals surface area contributed by atoms with Gasteiger partial charge in [-0.2, -0.15) is 0 Å². The van der Waals surface area contributed by atoms with E-state index in [1.807, 2.05) is 0 Å². The van der Waals surface area contributed by atoms with Crippen LogP contribution in [0, 0.1) is 5.92 Å². The lowest BCUT2D eigenvalue weighted by molar-refractivity contribution is 0.332. The number of thiophene rings is 1. The minimum absolute atomic E-state index is 0.108.